The highest BCUT2D eigenvalue weighted by molar-refractivity contribution is 7.89. The van der Waals surface area contributed by atoms with Gasteiger partial charge in [-0.15, -0.1) is 0 Å². The standard InChI is InChI=1S/C14H22NO2S/c1-3-5-9-13(4-2)12-15-18(16,17)14-10-7-6-8-11-14/h6-8,10,13,15H,3-5,9,12H2,1-2H3. The van der Waals surface area contributed by atoms with Crippen molar-refractivity contribution < 1.29 is 8.42 Å². The zero-order valence-electron chi connectivity index (χ0n) is 11.1. The first-order valence-corrected chi connectivity index (χ1v) is 8.04. The van der Waals surface area contributed by atoms with Crippen molar-refractivity contribution in [3.05, 3.63) is 30.3 Å². The number of hydrogen-bond donors (Lipinski definition) is 1. The average molecular weight is 268 g/mol. The topological polar surface area (TPSA) is 46.2 Å². The van der Waals surface area contributed by atoms with E-state index in [1.807, 2.05) is 0 Å². The molecule has 1 unspecified atom stereocenters. The highest BCUT2D eigenvalue weighted by atomic mass is 32.2. The smallest absolute Gasteiger partial charge is 0.211 e. The second-order valence-corrected chi connectivity index (χ2v) is 6.23. The molecule has 0 aliphatic carbocycles. The van der Waals surface area contributed by atoms with Crippen LogP contribution < -0.4 is 4.72 Å². The van der Waals surface area contributed by atoms with Gasteiger partial charge in [-0.05, 0) is 18.4 Å². The van der Waals surface area contributed by atoms with Crippen molar-refractivity contribution in [1.29, 1.82) is 0 Å². The molecule has 1 aromatic carbocycles. The molecular formula is C14H22NO2S. The summed E-state index contributed by atoms with van der Waals surface area (Å²) >= 11 is 0. The third-order valence-corrected chi connectivity index (χ3v) is 4.46. The van der Waals surface area contributed by atoms with Gasteiger partial charge in [0.25, 0.3) is 0 Å². The van der Waals surface area contributed by atoms with Gasteiger partial charge in [-0.3, -0.25) is 0 Å². The van der Waals surface area contributed by atoms with Crippen LogP contribution in [0.15, 0.2) is 29.2 Å². The van der Waals surface area contributed by atoms with Crippen molar-refractivity contribution in [2.45, 2.75) is 44.4 Å². The van der Waals surface area contributed by atoms with Gasteiger partial charge in [-0.1, -0.05) is 51.3 Å². The highest BCUT2D eigenvalue weighted by Crippen LogP contribution is 2.13. The van der Waals surface area contributed by atoms with Gasteiger partial charge in [-0.25, -0.2) is 13.1 Å². The minimum absolute atomic E-state index is 0.218. The summed E-state index contributed by atoms with van der Waals surface area (Å²) in [5, 5.41) is 0. The predicted molar refractivity (Wildman–Crippen MR) is 73.8 cm³/mol. The van der Waals surface area contributed by atoms with E-state index < -0.39 is 10.0 Å². The number of rotatable bonds is 8. The van der Waals surface area contributed by atoms with E-state index in [9.17, 15) is 8.42 Å². The lowest BCUT2D eigenvalue weighted by Crippen LogP contribution is -2.29. The molecule has 1 atom stereocenters. The van der Waals surface area contributed by atoms with E-state index in [1.165, 1.54) is 0 Å². The lowest BCUT2D eigenvalue weighted by atomic mass is 10.00. The molecule has 1 aromatic rings. The van der Waals surface area contributed by atoms with E-state index in [4.69, 9.17) is 0 Å². The Kier molecular flexibility index (Phi) is 6.36. The van der Waals surface area contributed by atoms with E-state index >= 15 is 0 Å². The van der Waals surface area contributed by atoms with Crippen LogP contribution in [0.25, 0.3) is 0 Å². The Balaban J connectivity index is 2.56. The SMILES string of the molecule is CCCCC(CC)CNS(=O)(=O)c1[c]cccc1. The van der Waals surface area contributed by atoms with E-state index in [1.54, 1.807) is 24.3 Å². The number of nitrogens with one attached hydrogen (secondary N) is 1. The molecule has 0 amide bonds. The van der Waals surface area contributed by atoms with Gasteiger partial charge in [-0.2, -0.15) is 0 Å². The first kappa shape index (κ1) is 15.2. The molecule has 1 rings (SSSR count). The van der Waals surface area contributed by atoms with Crippen LogP contribution in [-0.2, 0) is 10.0 Å². The summed E-state index contributed by atoms with van der Waals surface area (Å²) in [6.07, 6.45) is 4.38. The third kappa shape index (κ3) is 4.78. The molecule has 0 saturated carbocycles. The molecule has 1 N–H and O–H groups in total. The predicted octanol–water partition coefficient (Wildman–Crippen LogP) is 2.98. The summed E-state index contributed by atoms with van der Waals surface area (Å²) in [7, 11) is -3.40. The van der Waals surface area contributed by atoms with Crippen molar-refractivity contribution in [2.24, 2.45) is 5.92 Å². The molecule has 3 nitrogen and oxygen atoms in total. The van der Waals surface area contributed by atoms with E-state index in [0.29, 0.717) is 12.5 Å². The van der Waals surface area contributed by atoms with Crippen LogP contribution in [0.1, 0.15) is 39.5 Å². The van der Waals surface area contributed by atoms with Crippen molar-refractivity contribution >= 4 is 10.0 Å². The number of unbranched alkanes of at least 4 members (excludes halogenated alkanes) is 1. The van der Waals surface area contributed by atoms with Gasteiger partial charge >= 0.3 is 0 Å². The minimum atomic E-state index is -3.40. The number of benzene rings is 1. The summed E-state index contributed by atoms with van der Waals surface area (Å²) in [5.74, 6) is 0.420. The normalized spacial score (nSPS) is 13.4. The summed E-state index contributed by atoms with van der Waals surface area (Å²) in [4.78, 5) is 0.218. The van der Waals surface area contributed by atoms with Crippen LogP contribution in [0, 0.1) is 12.0 Å². The summed E-state index contributed by atoms with van der Waals surface area (Å²) in [6, 6.07) is 9.39. The first-order chi connectivity index (χ1) is 8.60. The van der Waals surface area contributed by atoms with Crippen molar-refractivity contribution in [2.75, 3.05) is 6.54 Å². The monoisotopic (exact) mass is 268 g/mol. The van der Waals surface area contributed by atoms with Crippen LogP contribution in [0.5, 0.6) is 0 Å². The van der Waals surface area contributed by atoms with Gasteiger partial charge in [0.2, 0.25) is 10.0 Å². The van der Waals surface area contributed by atoms with Gasteiger partial charge < -0.3 is 0 Å². The minimum Gasteiger partial charge on any atom is -0.211 e. The summed E-state index contributed by atoms with van der Waals surface area (Å²) in [5.41, 5.74) is 0. The molecule has 0 bridgehead atoms. The molecule has 0 aromatic heterocycles. The molecule has 0 spiro atoms. The van der Waals surface area contributed by atoms with Crippen LogP contribution >= 0.6 is 0 Å². The Hall–Kier alpha value is -0.870. The number of hydrogen-bond acceptors (Lipinski definition) is 2. The molecule has 0 aliphatic heterocycles. The van der Waals surface area contributed by atoms with Crippen molar-refractivity contribution in [3.8, 4) is 0 Å². The lowest BCUT2D eigenvalue weighted by Gasteiger charge is -2.15. The maximum Gasteiger partial charge on any atom is 0.241 e. The number of sulfonamides is 1. The van der Waals surface area contributed by atoms with E-state index in [-0.39, 0.29) is 4.90 Å². The Labute approximate surface area is 111 Å². The van der Waals surface area contributed by atoms with Gasteiger partial charge in [0, 0.05) is 12.6 Å². The largest absolute Gasteiger partial charge is 0.241 e. The third-order valence-electron chi connectivity index (χ3n) is 3.08. The second kappa shape index (κ2) is 7.54. The maximum absolute atomic E-state index is 12.0. The zero-order valence-corrected chi connectivity index (χ0v) is 12.0. The second-order valence-electron chi connectivity index (χ2n) is 4.50. The lowest BCUT2D eigenvalue weighted by molar-refractivity contribution is 0.443. The van der Waals surface area contributed by atoms with Crippen molar-refractivity contribution in [3.63, 3.8) is 0 Å². The van der Waals surface area contributed by atoms with E-state index in [0.717, 1.165) is 25.7 Å². The quantitative estimate of drug-likeness (QED) is 0.788. The highest BCUT2D eigenvalue weighted by Gasteiger charge is 2.15. The molecule has 0 aliphatic rings. The first-order valence-electron chi connectivity index (χ1n) is 6.56. The van der Waals surface area contributed by atoms with Crippen LogP contribution in [-0.4, -0.2) is 15.0 Å². The molecule has 18 heavy (non-hydrogen) atoms. The molecular weight excluding hydrogens is 246 g/mol. The fourth-order valence-electron chi connectivity index (χ4n) is 1.79. The molecule has 101 valence electrons. The van der Waals surface area contributed by atoms with Gasteiger partial charge in [0.1, 0.15) is 0 Å². The molecule has 0 saturated heterocycles. The van der Waals surface area contributed by atoms with E-state index in [2.05, 4.69) is 24.6 Å². The summed E-state index contributed by atoms with van der Waals surface area (Å²) < 4.78 is 26.6. The fraction of sp³-hybridized carbons (Fsp3) is 0.571. The fourth-order valence-corrected chi connectivity index (χ4v) is 2.88. The van der Waals surface area contributed by atoms with Crippen LogP contribution in [0.2, 0.25) is 0 Å². The Bertz CT molecular complexity index is 428. The molecule has 0 heterocycles. The molecule has 1 radical (unpaired) electrons. The Morgan fingerprint density at radius 1 is 1.33 bits per heavy atom. The average Bonchev–Trinajstić information content (AvgIpc) is 2.40. The Morgan fingerprint density at radius 2 is 2.11 bits per heavy atom. The molecule has 4 heteroatoms. The van der Waals surface area contributed by atoms with Crippen LogP contribution in [0.4, 0.5) is 0 Å². The summed E-state index contributed by atoms with van der Waals surface area (Å²) in [6.45, 7) is 4.76. The zero-order chi connectivity index (χ0) is 13.4. The maximum atomic E-state index is 12.0. The van der Waals surface area contributed by atoms with Gasteiger partial charge in [0.05, 0.1) is 4.90 Å². The molecule has 0 fully saturated rings. The van der Waals surface area contributed by atoms with Gasteiger partial charge in [0.15, 0.2) is 0 Å². The Morgan fingerprint density at radius 3 is 2.67 bits per heavy atom. The van der Waals surface area contributed by atoms with Crippen molar-refractivity contribution in [1.82, 2.24) is 4.72 Å². The van der Waals surface area contributed by atoms with Crippen LogP contribution in [0.3, 0.4) is 0 Å².